The van der Waals surface area contributed by atoms with Crippen molar-refractivity contribution in [2.75, 3.05) is 5.32 Å². The molecule has 0 bridgehead atoms. The number of thiazole rings is 1. The Kier molecular flexibility index (Phi) is 4.67. The van der Waals surface area contributed by atoms with E-state index >= 15 is 0 Å². The zero-order valence-corrected chi connectivity index (χ0v) is 15.0. The maximum absolute atomic E-state index is 12.4. The van der Waals surface area contributed by atoms with Gasteiger partial charge in [0.2, 0.25) is 0 Å². The average Bonchev–Trinajstić information content (AvgIpc) is 3.19. The minimum Gasteiger partial charge on any atom is -0.457 e. The van der Waals surface area contributed by atoms with Crippen molar-refractivity contribution in [3.63, 3.8) is 0 Å². The second-order valence-electron chi connectivity index (χ2n) is 5.83. The lowest BCUT2D eigenvalue weighted by atomic mass is 10.1. The third-order valence-corrected chi connectivity index (χ3v) is 4.66. The van der Waals surface area contributed by atoms with E-state index in [0.717, 1.165) is 21.7 Å². The largest absolute Gasteiger partial charge is 0.457 e. The molecular formula is C20H15N3O3S. The van der Waals surface area contributed by atoms with E-state index in [1.54, 1.807) is 30.5 Å². The second-order valence-corrected chi connectivity index (χ2v) is 6.72. The molecular weight excluding hydrogens is 362 g/mol. The number of carbonyl (C=O) groups is 1. The van der Waals surface area contributed by atoms with E-state index in [1.165, 1.54) is 11.3 Å². The number of H-pyrrole nitrogens is 1. The molecule has 2 heterocycles. The number of ether oxygens (including phenoxy) is 1. The smallest absolute Gasteiger partial charge is 0.338 e. The predicted octanol–water partition coefficient (Wildman–Crippen LogP) is 4.09. The normalized spacial score (nSPS) is 10.7. The SMILES string of the molecule is O=C(OCc1cc2ccccc2[nH]c1=O)c1cccc(Nc2nccs2)c1. The van der Waals surface area contributed by atoms with Gasteiger partial charge in [-0.05, 0) is 35.7 Å². The van der Waals surface area contributed by atoms with Gasteiger partial charge in [-0.15, -0.1) is 11.3 Å². The number of hydrogen-bond donors (Lipinski definition) is 2. The van der Waals surface area contributed by atoms with Crippen molar-refractivity contribution in [2.45, 2.75) is 6.61 Å². The monoisotopic (exact) mass is 377 g/mol. The van der Waals surface area contributed by atoms with Gasteiger partial charge in [0.15, 0.2) is 5.13 Å². The zero-order valence-electron chi connectivity index (χ0n) is 14.1. The minimum absolute atomic E-state index is 0.0941. The van der Waals surface area contributed by atoms with Crippen LogP contribution >= 0.6 is 11.3 Å². The second kappa shape index (κ2) is 7.43. The fourth-order valence-corrected chi connectivity index (χ4v) is 3.21. The Balaban J connectivity index is 1.48. The number of aromatic nitrogens is 2. The number of carbonyl (C=O) groups excluding carboxylic acids is 1. The summed E-state index contributed by atoms with van der Waals surface area (Å²) in [6.07, 6.45) is 1.70. The fourth-order valence-electron chi connectivity index (χ4n) is 2.66. The number of fused-ring (bicyclic) bond motifs is 1. The highest BCUT2D eigenvalue weighted by atomic mass is 32.1. The number of hydrogen-bond acceptors (Lipinski definition) is 6. The van der Waals surface area contributed by atoms with Gasteiger partial charge in [0.05, 0.1) is 11.1 Å². The lowest BCUT2D eigenvalue weighted by Gasteiger charge is -2.08. The molecule has 0 aliphatic carbocycles. The van der Waals surface area contributed by atoms with Crippen LogP contribution in [0.5, 0.6) is 0 Å². The van der Waals surface area contributed by atoms with E-state index in [-0.39, 0.29) is 12.2 Å². The van der Waals surface area contributed by atoms with E-state index < -0.39 is 5.97 Å². The number of pyridine rings is 1. The maximum Gasteiger partial charge on any atom is 0.338 e. The van der Waals surface area contributed by atoms with Crippen LogP contribution in [0.3, 0.4) is 0 Å². The summed E-state index contributed by atoms with van der Waals surface area (Å²) in [6.45, 7) is -0.0941. The molecule has 0 saturated carbocycles. The molecule has 7 heteroatoms. The highest BCUT2D eigenvalue weighted by molar-refractivity contribution is 7.13. The van der Waals surface area contributed by atoms with Gasteiger partial charge in [-0.1, -0.05) is 24.3 Å². The number of benzene rings is 2. The third-order valence-electron chi connectivity index (χ3n) is 3.97. The summed E-state index contributed by atoms with van der Waals surface area (Å²) in [5.41, 5.74) is 2.02. The van der Waals surface area contributed by atoms with Gasteiger partial charge in [-0.25, -0.2) is 9.78 Å². The van der Waals surface area contributed by atoms with Gasteiger partial charge in [0.1, 0.15) is 6.61 Å². The Morgan fingerprint density at radius 1 is 1.15 bits per heavy atom. The van der Waals surface area contributed by atoms with Gasteiger partial charge < -0.3 is 15.0 Å². The Bertz CT molecular complexity index is 1150. The molecule has 0 amide bonds. The lowest BCUT2D eigenvalue weighted by Crippen LogP contribution is -2.15. The fraction of sp³-hybridized carbons (Fsp3) is 0.0500. The van der Waals surface area contributed by atoms with Crippen LogP contribution in [0.2, 0.25) is 0 Å². The van der Waals surface area contributed by atoms with Crippen molar-refractivity contribution in [3.05, 3.63) is 87.7 Å². The third kappa shape index (κ3) is 3.88. The standard InChI is InChI=1S/C20H15N3O3S/c24-18-15(10-13-4-1-2-7-17(13)23-18)12-26-19(25)14-5-3-6-16(11-14)22-20-21-8-9-27-20/h1-11H,12H2,(H,21,22)(H,23,24). The van der Waals surface area contributed by atoms with E-state index in [4.69, 9.17) is 4.74 Å². The van der Waals surface area contributed by atoms with E-state index in [9.17, 15) is 9.59 Å². The Morgan fingerprint density at radius 3 is 2.89 bits per heavy atom. The van der Waals surface area contributed by atoms with E-state index in [0.29, 0.717) is 11.1 Å². The van der Waals surface area contributed by atoms with Crippen LogP contribution in [-0.2, 0) is 11.3 Å². The summed E-state index contributed by atoms with van der Waals surface area (Å²) in [6, 6.07) is 16.2. The predicted molar refractivity (Wildman–Crippen MR) is 106 cm³/mol. The number of anilines is 2. The Hall–Kier alpha value is -3.45. The molecule has 0 aliphatic rings. The van der Waals surface area contributed by atoms with Gasteiger partial charge in [-0.3, -0.25) is 4.79 Å². The molecule has 2 aromatic heterocycles. The summed E-state index contributed by atoms with van der Waals surface area (Å²) in [5.74, 6) is -0.495. The van der Waals surface area contributed by atoms with Crippen LogP contribution in [0.4, 0.5) is 10.8 Å². The topological polar surface area (TPSA) is 84.1 Å². The number of esters is 1. The quantitative estimate of drug-likeness (QED) is 0.512. The highest BCUT2D eigenvalue weighted by Crippen LogP contribution is 2.20. The first-order chi connectivity index (χ1) is 13.2. The number of rotatable bonds is 5. The molecule has 0 unspecified atom stereocenters. The molecule has 4 rings (SSSR count). The molecule has 6 nitrogen and oxygen atoms in total. The van der Waals surface area contributed by atoms with Crippen molar-refractivity contribution < 1.29 is 9.53 Å². The summed E-state index contributed by atoms with van der Waals surface area (Å²) in [4.78, 5) is 31.5. The number of nitrogens with zero attached hydrogens (tertiary/aromatic N) is 1. The first kappa shape index (κ1) is 17.0. The van der Waals surface area contributed by atoms with E-state index in [1.807, 2.05) is 35.7 Å². The van der Waals surface area contributed by atoms with Crippen LogP contribution in [0.25, 0.3) is 10.9 Å². The number of aromatic amines is 1. The number of nitrogens with one attached hydrogen (secondary N) is 2. The van der Waals surface area contributed by atoms with Crippen LogP contribution in [0.15, 0.2) is 71.0 Å². The zero-order chi connectivity index (χ0) is 18.6. The Morgan fingerprint density at radius 2 is 2.04 bits per heavy atom. The summed E-state index contributed by atoms with van der Waals surface area (Å²) < 4.78 is 5.33. The maximum atomic E-state index is 12.4. The summed E-state index contributed by atoms with van der Waals surface area (Å²) in [5, 5.41) is 6.62. The molecule has 0 spiro atoms. The molecule has 0 saturated heterocycles. The van der Waals surface area contributed by atoms with Crippen molar-refractivity contribution in [1.29, 1.82) is 0 Å². The molecule has 4 aromatic rings. The molecule has 0 radical (unpaired) electrons. The van der Waals surface area contributed by atoms with Crippen molar-refractivity contribution >= 4 is 39.0 Å². The van der Waals surface area contributed by atoms with Crippen molar-refractivity contribution in [2.24, 2.45) is 0 Å². The van der Waals surface area contributed by atoms with E-state index in [2.05, 4.69) is 15.3 Å². The summed E-state index contributed by atoms with van der Waals surface area (Å²) >= 11 is 1.47. The number of para-hydroxylation sites is 1. The molecule has 0 aliphatic heterocycles. The highest BCUT2D eigenvalue weighted by Gasteiger charge is 2.11. The van der Waals surface area contributed by atoms with Gasteiger partial charge in [0.25, 0.3) is 5.56 Å². The minimum atomic E-state index is -0.495. The van der Waals surface area contributed by atoms with Crippen LogP contribution in [-0.4, -0.2) is 15.9 Å². The molecule has 2 aromatic carbocycles. The van der Waals surface area contributed by atoms with Crippen LogP contribution < -0.4 is 10.9 Å². The first-order valence-corrected chi connectivity index (χ1v) is 9.12. The van der Waals surface area contributed by atoms with Crippen molar-refractivity contribution in [3.8, 4) is 0 Å². The van der Waals surface area contributed by atoms with Gasteiger partial charge in [-0.2, -0.15) is 0 Å². The molecule has 2 N–H and O–H groups in total. The lowest BCUT2D eigenvalue weighted by molar-refractivity contribution is 0.0471. The van der Waals surface area contributed by atoms with Gasteiger partial charge >= 0.3 is 5.97 Å². The molecule has 27 heavy (non-hydrogen) atoms. The van der Waals surface area contributed by atoms with Crippen molar-refractivity contribution in [1.82, 2.24) is 9.97 Å². The summed E-state index contributed by atoms with van der Waals surface area (Å²) in [7, 11) is 0. The van der Waals surface area contributed by atoms with Crippen LogP contribution in [0.1, 0.15) is 15.9 Å². The molecule has 0 fully saturated rings. The van der Waals surface area contributed by atoms with Crippen LogP contribution in [0, 0.1) is 0 Å². The average molecular weight is 377 g/mol. The van der Waals surface area contributed by atoms with Gasteiger partial charge in [0, 0.05) is 22.8 Å². The Labute approximate surface area is 158 Å². The first-order valence-electron chi connectivity index (χ1n) is 8.24. The molecule has 134 valence electrons. The molecule has 0 atom stereocenters.